The van der Waals surface area contributed by atoms with Gasteiger partial charge < -0.3 is 19.4 Å². The number of halogens is 1. The number of hydrogen-bond acceptors (Lipinski definition) is 6. The van der Waals surface area contributed by atoms with Gasteiger partial charge in [-0.1, -0.05) is 36.5 Å². The predicted molar refractivity (Wildman–Crippen MR) is 136 cm³/mol. The van der Waals surface area contributed by atoms with Crippen LogP contribution in [-0.2, 0) is 6.54 Å². The van der Waals surface area contributed by atoms with E-state index in [1.54, 1.807) is 36.8 Å². The highest BCUT2D eigenvalue weighted by atomic mass is 35.5. The molecule has 0 atom stereocenters. The Hall–Kier alpha value is -3.69. The number of anilines is 2. The highest BCUT2D eigenvalue weighted by molar-refractivity contribution is 7.82. The summed E-state index contributed by atoms with van der Waals surface area (Å²) >= 11 is 10.6. The summed E-state index contributed by atoms with van der Waals surface area (Å²) in [6, 6.07) is 14.1. The second kappa shape index (κ2) is 10.5. The van der Waals surface area contributed by atoms with Gasteiger partial charge >= 0.3 is 6.03 Å². The van der Waals surface area contributed by atoms with E-state index in [9.17, 15) is 4.79 Å². The monoisotopic (exact) mass is 495 g/mol. The summed E-state index contributed by atoms with van der Waals surface area (Å²) in [4.78, 5) is 21.4. The third kappa shape index (κ3) is 5.11. The van der Waals surface area contributed by atoms with Crippen LogP contribution in [-0.4, -0.2) is 34.8 Å². The Morgan fingerprint density at radius 2 is 1.85 bits per heavy atom. The van der Waals surface area contributed by atoms with Crippen LogP contribution in [0, 0.1) is 0 Å². The van der Waals surface area contributed by atoms with Gasteiger partial charge in [-0.15, -0.1) is 0 Å². The Morgan fingerprint density at radius 1 is 1.09 bits per heavy atom. The number of methoxy groups -OCH3 is 2. The van der Waals surface area contributed by atoms with Gasteiger partial charge in [-0.2, -0.15) is 0 Å². The number of rotatable bonds is 7. The number of nitrogens with one attached hydrogen (secondary N) is 1. The van der Waals surface area contributed by atoms with Crippen molar-refractivity contribution in [1.29, 1.82) is 0 Å². The zero-order chi connectivity index (χ0) is 24.1. The van der Waals surface area contributed by atoms with Crippen LogP contribution in [0.3, 0.4) is 0 Å². The molecule has 2 amide bonds. The molecule has 0 fully saturated rings. The van der Waals surface area contributed by atoms with Gasteiger partial charge in [0.1, 0.15) is 23.0 Å². The van der Waals surface area contributed by atoms with E-state index in [-0.39, 0.29) is 0 Å². The number of imidazole rings is 1. The van der Waals surface area contributed by atoms with Crippen molar-refractivity contribution >= 4 is 41.8 Å². The first-order valence-electron chi connectivity index (χ1n) is 10.2. The third-order valence-electron chi connectivity index (χ3n) is 5.06. The second-order valence-corrected chi connectivity index (χ2v) is 8.02. The lowest BCUT2D eigenvalue weighted by molar-refractivity contribution is 0.260. The molecule has 4 rings (SSSR count). The molecule has 2 aromatic carbocycles. The fourth-order valence-corrected chi connectivity index (χ4v) is 3.88. The minimum atomic E-state index is -0.472. The Bertz CT molecular complexity index is 1300. The summed E-state index contributed by atoms with van der Waals surface area (Å²) < 4.78 is 13.7. The van der Waals surface area contributed by atoms with Gasteiger partial charge in [0.05, 0.1) is 19.2 Å². The Morgan fingerprint density at radius 3 is 2.59 bits per heavy atom. The molecule has 2 aromatic heterocycles. The molecule has 0 saturated heterocycles. The van der Waals surface area contributed by atoms with Crippen molar-refractivity contribution in [2.24, 2.45) is 0 Å². The maximum Gasteiger partial charge on any atom is 0.336 e. The normalized spacial score (nSPS) is 10.6. The maximum absolute atomic E-state index is 12.9. The zero-order valence-corrected chi connectivity index (χ0v) is 20.1. The average molecular weight is 496 g/mol. The van der Waals surface area contributed by atoms with E-state index in [1.165, 1.54) is 14.2 Å². The summed E-state index contributed by atoms with van der Waals surface area (Å²) in [5.41, 5.74) is 2.96. The number of benzene rings is 2. The molecule has 0 aliphatic rings. The summed E-state index contributed by atoms with van der Waals surface area (Å²) in [5, 5.41) is 3.18. The smallest absolute Gasteiger partial charge is 0.336 e. The van der Waals surface area contributed by atoms with Crippen LogP contribution in [0.25, 0.3) is 11.4 Å². The van der Waals surface area contributed by atoms with Gasteiger partial charge in [-0.3, -0.25) is 4.98 Å². The number of carbonyl (C=O) groups excluding carboxylic acids is 1. The second-order valence-electron chi connectivity index (χ2n) is 7.22. The van der Waals surface area contributed by atoms with Gasteiger partial charge in [-0.05, 0) is 35.9 Å². The number of ether oxygens (including phenoxy) is 2. The fraction of sp³-hybridized carbons (Fsp3) is 0.125. The molecule has 174 valence electrons. The van der Waals surface area contributed by atoms with Crippen molar-refractivity contribution in [3.63, 3.8) is 0 Å². The average Bonchev–Trinajstić information content (AvgIpc) is 3.32. The van der Waals surface area contributed by atoms with Crippen molar-refractivity contribution in [2.75, 3.05) is 23.8 Å². The van der Waals surface area contributed by atoms with Crippen LogP contribution < -0.4 is 19.1 Å². The summed E-state index contributed by atoms with van der Waals surface area (Å²) in [5.74, 6) is 1.66. The van der Waals surface area contributed by atoms with Crippen molar-refractivity contribution in [2.45, 2.75) is 6.54 Å². The van der Waals surface area contributed by atoms with E-state index >= 15 is 0 Å². The molecule has 0 spiro atoms. The number of amides is 2. The third-order valence-corrected chi connectivity index (χ3v) is 5.75. The SMILES string of the molecule is COc1cc(OC)c(N(S)C(=O)Nc2cccc(Cn3ccnc3-c3ccncc3)c2)cc1Cl. The van der Waals surface area contributed by atoms with Gasteiger partial charge in [0.15, 0.2) is 0 Å². The molecular formula is C24H22ClN5O3S. The number of urea groups is 1. The first-order valence-corrected chi connectivity index (χ1v) is 11.0. The van der Waals surface area contributed by atoms with Gasteiger partial charge in [0.25, 0.3) is 0 Å². The lowest BCUT2D eigenvalue weighted by atomic mass is 10.2. The highest BCUT2D eigenvalue weighted by Gasteiger charge is 2.20. The predicted octanol–water partition coefficient (Wildman–Crippen LogP) is 5.55. The molecule has 8 nitrogen and oxygen atoms in total. The van der Waals surface area contributed by atoms with Crippen LogP contribution in [0.4, 0.5) is 16.2 Å². The van der Waals surface area contributed by atoms with Crippen LogP contribution in [0.2, 0.25) is 5.02 Å². The quantitative estimate of drug-likeness (QED) is 0.329. The molecule has 2 heterocycles. The van der Waals surface area contributed by atoms with Crippen LogP contribution in [0.15, 0.2) is 73.3 Å². The zero-order valence-electron chi connectivity index (χ0n) is 18.5. The summed E-state index contributed by atoms with van der Waals surface area (Å²) in [7, 11) is 2.99. The van der Waals surface area contributed by atoms with Crippen molar-refractivity contribution < 1.29 is 14.3 Å². The van der Waals surface area contributed by atoms with E-state index < -0.39 is 6.03 Å². The number of aromatic nitrogens is 3. The molecule has 1 N–H and O–H groups in total. The molecule has 0 radical (unpaired) electrons. The lowest BCUT2D eigenvalue weighted by Crippen LogP contribution is -2.27. The van der Waals surface area contributed by atoms with Crippen molar-refractivity contribution in [3.8, 4) is 22.9 Å². The fourth-order valence-electron chi connectivity index (χ4n) is 3.44. The van der Waals surface area contributed by atoms with E-state index in [1.807, 2.05) is 41.1 Å². The molecule has 34 heavy (non-hydrogen) atoms. The molecule has 0 bridgehead atoms. The molecule has 0 saturated carbocycles. The molecule has 0 unspecified atom stereocenters. The summed E-state index contributed by atoms with van der Waals surface area (Å²) in [6.07, 6.45) is 7.14. The van der Waals surface area contributed by atoms with Gasteiger partial charge in [-0.25, -0.2) is 14.1 Å². The standard InChI is InChI=1S/C24H22ClN5O3S/c1-32-21-14-22(33-2)20(13-19(21)25)30(34)24(31)28-18-5-3-4-16(12-18)15-29-11-10-27-23(29)17-6-8-26-9-7-17/h3-14,34H,15H2,1-2H3,(H,28,31). The number of thiol groups is 1. The molecule has 0 aliphatic carbocycles. The van der Waals surface area contributed by atoms with Crippen molar-refractivity contribution in [1.82, 2.24) is 14.5 Å². The largest absolute Gasteiger partial charge is 0.495 e. The van der Waals surface area contributed by atoms with E-state index in [0.717, 1.165) is 21.3 Å². The van der Waals surface area contributed by atoms with E-state index in [0.29, 0.717) is 34.4 Å². The number of nitrogens with zero attached hydrogens (tertiary/aromatic N) is 4. The van der Waals surface area contributed by atoms with E-state index in [4.69, 9.17) is 21.1 Å². The molecule has 10 heteroatoms. The molecule has 4 aromatic rings. The number of hydrogen-bond donors (Lipinski definition) is 2. The van der Waals surface area contributed by atoms with Crippen LogP contribution in [0.5, 0.6) is 11.5 Å². The van der Waals surface area contributed by atoms with Crippen molar-refractivity contribution in [3.05, 3.63) is 83.9 Å². The number of pyridine rings is 1. The first-order chi connectivity index (χ1) is 16.5. The van der Waals surface area contributed by atoms with Gasteiger partial charge in [0, 0.05) is 48.6 Å². The molecular weight excluding hydrogens is 474 g/mol. The molecule has 0 aliphatic heterocycles. The Kier molecular flexibility index (Phi) is 7.24. The summed E-state index contributed by atoms with van der Waals surface area (Å²) in [6.45, 7) is 0.577. The van der Waals surface area contributed by atoms with Crippen LogP contribution >= 0.6 is 24.4 Å². The maximum atomic E-state index is 12.9. The minimum Gasteiger partial charge on any atom is -0.495 e. The first kappa shape index (κ1) is 23.5. The lowest BCUT2D eigenvalue weighted by Gasteiger charge is -2.20. The minimum absolute atomic E-state index is 0.331. The number of carbonyl (C=O) groups is 1. The van der Waals surface area contributed by atoms with Gasteiger partial charge in [0.2, 0.25) is 0 Å². The van der Waals surface area contributed by atoms with Crippen LogP contribution in [0.1, 0.15) is 5.56 Å². The highest BCUT2D eigenvalue weighted by Crippen LogP contribution is 2.39. The Labute approximate surface area is 207 Å². The van der Waals surface area contributed by atoms with E-state index in [2.05, 4.69) is 28.1 Å². The Balaban J connectivity index is 1.51. The topological polar surface area (TPSA) is 81.5 Å².